The van der Waals surface area contributed by atoms with Crippen LogP contribution in [0.5, 0.6) is 5.75 Å². The van der Waals surface area contributed by atoms with Gasteiger partial charge in [0.2, 0.25) is 0 Å². The van der Waals surface area contributed by atoms with Crippen molar-refractivity contribution in [2.45, 2.75) is 26.2 Å². The maximum Gasteiger partial charge on any atom is 0.144 e. The molecule has 0 saturated heterocycles. The number of ether oxygens (including phenoxy) is 1. The van der Waals surface area contributed by atoms with Gasteiger partial charge in [-0.1, -0.05) is 45.0 Å². The Hall–Kier alpha value is -1.83. The Morgan fingerprint density at radius 2 is 1.67 bits per heavy atom. The number of pyridine rings is 1. The van der Waals surface area contributed by atoms with Crippen molar-refractivity contribution in [2.24, 2.45) is 0 Å². The zero-order chi connectivity index (χ0) is 13.2. The third-order valence-corrected chi connectivity index (χ3v) is 3.07. The lowest BCUT2D eigenvalue weighted by molar-refractivity contribution is 0.414. The van der Waals surface area contributed by atoms with Gasteiger partial charge in [-0.2, -0.15) is 0 Å². The molecule has 0 atom stereocenters. The summed E-state index contributed by atoms with van der Waals surface area (Å²) in [6, 6.07) is 10.6. The highest BCUT2D eigenvalue weighted by atomic mass is 16.5. The number of hydrogen-bond acceptors (Lipinski definition) is 2. The Labute approximate surface area is 109 Å². The minimum Gasteiger partial charge on any atom is -0.494 e. The smallest absolute Gasteiger partial charge is 0.144 e. The Balaban J connectivity index is 2.41. The lowest BCUT2D eigenvalue weighted by Gasteiger charge is -2.19. The molecule has 2 heteroatoms. The highest BCUT2D eigenvalue weighted by molar-refractivity contribution is 5.69. The standard InChI is InChI=1S/C16H19NO/c1-16(2,3)13-7-5-12(6-8-13)14-9-10-17-11-15(14)18-4/h5-11H,1-4H3. The lowest BCUT2D eigenvalue weighted by Crippen LogP contribution is -2.10. The van der Waals surface area contributed by atoms with E-state index in [9.17, 15) is 0 Å². The van der Waals surface area contributed by atoms with E-state index in [4.69, 9.17) is 4.74 Å². The molecule has 0 amide bonds. The van der Waals surface area contributed by atoms with Gasteiger partial charge in [-0.3, -0.25) is 4.98 Å². The summed E-state index contributed by atoms with van der Waals surface area (Å²) in [5.41, 5.74) is 3.75. The van der Waals surface area contributed by atoms with Crippen LogP contribution in [-0.2, 0) is 5.41 Å². The zero-order valence-electron chi connectivity index (χ0n) is 11.4. The molecule has 2 rings (SSSR count). The van der Waals surface area contributed by atoms with Gasteiger partial charge in [0, 0.05) is 11.8 Å². The van der Waals surface area contributed by atoms with Crippen LogP contribution in [0.2, 0.25) is 0 Å². The second kappa shape index (κ2) is 4.81. The Morgan fingerprint density at radius 3 is 2.22 bits per heavy atom. The number of nitrogens with zero attached hydrogens (tertiary/aromatic N) is 1. The van der Waals surface area contributed by atoms with E-state index in [0.29, 0.717) is 0 Å². The summed E-state index contributed by atoms with van der Waals surface area (Å²) in [7, 11) is 1.67. The molecule has 0 aliphatic rings. The zero-order valence-corrected chi connectivity index (χ0v) is 11.4. The molecule has 0 spiro atoms. The minimum absolute atomic E-state index is 0.181. The number of hydrogen-bond donors (Lipinski definition) is 0. The van der Waals surface area contributed by atoms with Gasteiger partial charge in [0.25, 0.3) is 0 Å². The summed E-state index contributed by atoms with van der Waals surface area (Å²) >= 11 is 0. The van der Waals surface area contributed by atoms with Crippen molar-refractivity contribution in [2.75, 3.05) is 7.11 Å². The second-order valence-electron chi connectivity index (χ2n) is 5.40. The van der Waals surface area contributed by atoms with Gasteiger partial charge >= 0.3 is 0 Å². The van der Waals surface area contributed by atoms with Crippen LogP contribution in [0.25, 0.3) is 11.1 Å². The molecule has 0 fully saturated rings. The first-order valence-corrected chi connectivity index (χ1v) is 6.11. The summed E-state index contributed by atoms with van der Waals surface area (Å²) in [5.74, 6) is 0.806. The fourth-order valence-corrected chi connectivity index (χ4v) is 1.93. The van der Waals surface area contributed by atoms with Gasteiger partial charge in [-0.15, -0.1) is 0 Å². The van der Waals surface area contributed by atoms with E-state index in [1.807, 2.05) is 6.07 Å². The van der Waals surface area contributed by atoms with Crippen LogP contribution >= 0.6 is 0 Å². The highest BCUT2D eigenvalue weighted by Crippen LogP contribution is 2.30. The van der Waals surface area contributed by atoms with E-state index in [1.54, 1.807) is 19.5 Å². The number of methoxy groups -OCH3 is 1. The Kier molecular flexibility index (Phi) is 3.37. The Bertz CT molecular complexity index is 524. The monoisotopic (exact) mass is 241 g/mol. The molecule has 0 unspecified atom stereocenters. The van der Waals surface area contributed by atoms with Gasteiger partial charge < -0.3 is 4.74 Å². The number of rotatable bonds is 2. The molecular formula is C16H19NO. The molecule has 18 heavy (non-hydrogen) atoms. The maximum atomic E-state index is 5.33. The normalized spacial score (nSPS) is 11.3. The minimum atomic E-state index is 0.181. The molecule has 1 aromatic heterocycles. The molecule has 1 aromatic carbocycles. The van der Waals surface area contributed by atoms with Crippen molar-refractivity contribution < 1.29 is 4.74 Å². The van der Waals surface area contributed by atoms with Crippen LogP contribution < -0.4 is 4.74 Å². The Morgan fingerprint density at radius 1 is 1.00 bits per heavy atom. The first-order valence-electron chi connectivity index (χ1n) is 6.11. The molecule has 94 valence electrons. The highest BCUT2D eigenvalue weighted by Gasteiger charge is 2.13. The molecule has 1 heterocycles. The molecule has 0 bridgehead atoms. The van der Waals surface area contributed by atoms with Gasteiger partial charge in [0.1, 0.15) is 5.75 Å². The first kappa shape index (κ1) is 12.6. The second-order valence-corrected chi connectivity index (χ2v) is 5.40. The van der Waals surface area contributed by atoms with Crippen LogP contribution in [0, 0.1) is 0 Å². The summed E-state index contributed by atoms with van der Waals surface area (Å²) in [6.07, 6.45) is 3.53. The fourth-order valence-electron chi connectivity index (χ4n) is 1.93. The van der Waals surface area contributed by atoms with Crippen molar-refractivity contribution in [3.8, 4) is 16.9 Å². The van der Waals surface area contributed by atoms with Crippen LogP contribution in [0.4, 0.5) is 0 Å². The van der Waals surface area contributed by atoms with E-state index < -0.39 is 0 Å². The predicted octanol–water partition coefficient (Wildman–Crippen LogP) is 4.05. The first-order chi connectivity index (χ1) is 8.52. The van der Waals surface area contributed by atoms with Gasteiger partial charge in [0.05, 0.1) is 13.3 Å². The topological polar surface area (TPSA) is 22.1 Å². The van der Waals surface area contributed by atoms with E-state index in [-0.39, 0.29) is 5.41 Å². The molecule has 0 saturated carbocycles. The van der Waals surface area contributed by atoms with E-state index in [0.717, 1.165) is 16.9 Å². The van der Waals surface area contributed by atoms with Crippen LogP contribution in [0.15, 0.2) is 42.7 Å². The molecule has 0 radical (unpaired) electrons. The van der Waals surface area contributed by atoms with Crippen molar-refractivity contribution in [1.29, 1.82) is 0 Å². The summed E-state index contributed by atoms with van der Waals surface area (Å²) < 4.78 is 5.33. The number of benzene rings is 1. The SMILES string of the molecule is COc1cnccc1-c1ccc(C(C)(C)C)cc1. The maximum absolute atomic E-state index is 5.33. The largest absolute Gasteiger partial charge is 0.494 e. The third-order valence-electron chi connectivity index (χ3n) is 3.07. The molecule has 0 aliphatic carbocycles. The molecule has 2 aromatic rings. The molecule has 0 aliphatic heterocycles. The third kappa shape index (κ3) is 2.53. The molecular weight excluding hydrogens is 222 g/mol. The summed E-state index contributed by atoms with van der Waals surface area (Å²) in [6.45, 7) is 6.65. The van der Waals surface area contributed by atoms with E-state index >= 15 is 0 Å². The van der Waals surface area contributed by atoms with Gasteiger partial charge in [-0.05, 0) is 22.6 Å². The lowest BCUT2D eigenvalue weighted by atomic mass is 9.86. The van der Waals surface area contributed by atoms with Crippen molar-refractivity contribution in [3.63, 3.8) is 0 Å². The predicted molar refractivity (Wildman–Crippen MR) is 74.9 cm³/mol. The van der Waals surface area contributed by atoms with Crippen molar-refractivity contribution in [1.82, 2.24) is 4.98 Å². The van der Waals surface area contributed by atoms with Crippen molar-refractivity contribution in [3.05, 3.63) is 48.3 Å². The average molecular weight is 241 g/mol. The van der Waals surface area contributed by atoms with Gasteiger partial charge in [-0.25, -0.2) is 0 Å². The summed E-state index contributed by atoms with van der Waals surface area (Å²) in [4.78, 5) is 4.07. The van der Waals surface area contributed by atoms with Crippen LogP contribution in [0.1, 0.15) is 26.3 Å². The average Bonchev–Trinajstić information content (AvgIpc) is 2.38. The summed E-state index contributed by atoms with van der Waals surface area (Å²) in [5, 5.41) is 0. The van der Waals surface area contributed by atoms with Crippen molar-refractivity contribution >= 4 is 0 Å². The molecule has 2 nitrogen and oxygen atoms in total. The molecule has 0 N–H and O–H groups in total. The number of aromatic nitrogens is 1. The van der Waals surface area contributed by atoms with E-state index in [1.165, 1.54) is 5.56 Å². The quantitative estimate of drug-likeness (QED) is 0.791. The van der Waals surface area contributed by atoms with Crippen LogP contribution in [-0.4, -0.2) is 12.1 Å². The van der Waals surface area contributed by atoms with Gasteiger partial charge in [0.15, 0.2) is 0 Å². The van der Waals surface area contributed by atoms with Crippen LogP contribution in [0.3, 0.4) is 0 Å². The van der Waals surface area contributed by atoms with E-state index in [2.05, 4.69) is 50.0 Å². The fraction of sp³-hybridized carbons (Fsp3) is 0.312.